The Morgan fingerprint density at radius 3 is 2.43 bits per heavy atom. The van der Waals surface area contributed by atoms with E-state index in [0.29, 0.717) is 29.1 Å². The van der Waals surface area contributed by atoms with Crippen molar-refractivity contribution in [1.29, 1.82) is 0 Å². The Bertz CT molecular complexity index is 267. The number of fused-ring (bicyclic) bond motifs is 2. The monoisotopic (exact) mass is 196 g/mol. The van der Waals surface area contributed by atoms with Crippen molar-refractivity contribution in [2.24, 2.45) is 22.7 Å². The van der Waals surface area contributed by atoms with Gasteiger partial charge in [-0.05, 0) is 41.9 Å². The minimum Gasteiger partial charge on any atom is -0.481 e. The normalized spacial score (nSPS) is 44.2. The van der Waals surface area contributed by atoms with E-state index >= 15 is 0 Å². The highest BCUT2D eigenvalue weighted by atomic mass is 16.4. The first-order chi connectivity index (χ1) is 6.37. The van der Waals surface area contributed by atoms with Crippen LogP contribution in [0.1, 0.15) is 46.5 Å². The molecule has 0 aromatic rings. The Balaban J connectivity index is 2.19. The number of hydrogen-bond acceptors (Lipinski definition) is 1. The second-order valence-corrected chi connectivity index (χ2v) is 5.99. The lowest BCUT2D eigenvalue weighted by Gasteiger charge is -2.34. The third kappa shape index (κ3) is 1.12. The van der Waals surface area contributed by atoms with Crippen LogP contribution in [0.4, 0.5) is 0 Å². The molecule has 0 spiro atoms. The average Bonchev–Trinajstić information content (AvgIpc) is 2.31. The smallest absolute Gasteiger partial charge is 0.303 e. The Labute approximate surface area is 85.7 Å². The predicted octanol–water partition coefficient (Wildman–Crippen LogP) is 2.92. The van der Waals surface area contributed by atoms with Gasteiger partial charge in [0.15, 0.2) is 0 Å². The van der Waals surface area contributed by atoms with Crippen LogP contribution in [0, 0.1) is 22.7 Å². The molecule has 2 rings (SSSR count). The van der Waals surface area contributed by atoms with Crippen LogP contribution in [-0.2, 0) is 4.79 Å². The van der Waals surface area contributed by atoms with Gasteiger partial charge in [0.2, 0.25) is 0 Å². The summed E-state index contributed by atoms with van der Waals surface area (Å²) in [6.07, 6.45) is 4.03. The zero-order valence-corrected chi connectivity index (χ0v) is 9.34. The molecular formula is C12H20O2. The Morgan fingerprint density at radius 2 is 2.07 bits per heavy atom. The van der Waals surface area contributed by atoms with Gasteiger partial charge < -0.3 is 5.11 Å². The minimum atomic E-state index is -0.623. The van der Waals surface area contributed by atoms with Gasteiger partial charge in [0, 0.05) is 6.42 Å². The lowest BCUT2D eigenvalue weighted by Crippen LogP contribution is -2.26. The molecule has 0 radical (unpaired) electrons. The molecule has 3 atom stereocenters. The highest BCUT2D eigenvalue weighted by Gasteiger charge is 2.60. The summed E-state index contributed by atoms with van der Waals surface area (Å²) in [7, 11) is 0. The molecule has 2 bridgehead atoms. The maximum Gasteiger partial charge on any atom is 0.303 e. The molecule has 0 heterocycles. The molecule has 80 valence electrons. The minimum absolute atomic E-state index is 0.354. The molecule has 2 heteroatoms. The standard InChI is InChI=1S/C12H20O2/c1-11(2)9-4-5-12(11,3)7-8(9)6-10(13)14/h8-9H,4-7H2,1-3H3,(H,13,14)/t8-,9-,12+/m1/s1. The Hall–Kier alpha value is -0.530. The largest absolute Gasteiger partial charge is 0.481 e. The van der Waals surface area contributed by atoms with E-state index in [0.717, 1.165) is 6.42 Å². The molecule has 0 aromatic heterocycles. The van der Waals surface area contributed by atoms with E-state index in [9.17, 15) is 4.79 Å². The third-order valence-electron chi connectivity index (χ3n) is 5.21. The zero-order chi connectivity index (χ0) is 10.6. The molecule has 0 amide bonds. The van der Waals surface area contributed by atoms with Crippen molar-refractivity contribution >= 4 is 5.97 Å². The maximum absolute atomic E-state index is 10.7. The Morgan fingerprint density at radius 1 is 1.43 bits per heavy atom. The fourth-order valence-electron chi connectivity index (χ4n) is 3.95. The van der Waals surface area contributed by atoms with Crippen molar-refractivity contribution in [1.82, 2.24) is 0 Å². The Kier molecular flexibility index (Phi) is 1.96. The zero-order valence-electron chi connectivity index (χ0n) is 9.34. The van der Waals surface area contributed by atoms with Crippen molar-refractivity contribution < 1.29 is 9.90 Å². The summed E-state index contributed by atoms with van der Waals surface area (Å²) in [4.78, 5) is 10.7. The average molecular weight is 196 g/mol. The molecule has 2 aliphatic rings. The van der Waals surface area contributed by atoms with E-state index in [4.69, 9.17) is 5.11 Å². The molecule has 14 heavy (non-hydrogen) atoms. The molecule has 2 aliphatic carbocycles. The van der Waals surface area contributed by atoms with Gasteiger partial charge in [0.25, 0.3) is 0 Å². The highest BCUT2D eigenvalue weighted by molar-refractivity contribution is 5.67. The van der Waals surface area contributed by atoms with Crippen LogP contribution in [0.3, 0.4) is 0 Å². The third-order valence-corrected chi connectivity index (χ3v) is 5.21. The van der Waals surface area contributed by atoms with Crippen LogP contribution < -0.4 is 0 Å². The lowest BCUT2D eigenvalue weighted by atomic mass is 9.71. The number of rotatable bonds is 2. The van der Waals surface area contributed by atoms with E-state index in [2.05, 4.69) is 20.8 Å². The van der Waals surface area contributed by atoms with Gasteiger partial charge in [0.05, 0.1) is 0 Å². The SMILES string of the molecule is CC1(C)[C@@H]2CC[C@@]1(C)C[C@H]2CC(=O)O. The van der Waals surface area contributed by atoms with Gasteiger partial charge >= 0.3 is 5.97 Å². The number of aliphatic carboxylic acids is 1. The van der Waals surface area contributed by atoms with Gasteiger partial charge in [-0.15, -0.1) is 0 Å². The summed E-state index contributed by atoms with van der Waals surface area (Å²) in [6, 6.07) is 0. The van der Waals surface area contributed by atoms with Crippen LogP contribution in [0.2, 0.25) is 0 Å². The van der Waals surface area contributed by atoms with Gasteiger partial charge in [0.1, 0.15) is 0 Å². The molecular weight excluding hydrogens is 176 g/mol. The molecule has 2 fully saturated rings. The quantitative estimate of drug-likeness (QED) is 0.737. The van der Waals surface area contributed by atoms with E-state index in [-0.39, 0.29) is 0 Å². The molecule has 0 aliphatic heterocycles. The summed E-state index contributed by atoms with van der Waals surface area (Å²) in [5.41, 5.74) is 0.755. The highest BCUT2D eigenvalue weighted by Crippen LogP contribution is 2.68. The van der Waals surface area contributed by atoms with Gasteiger partial charge in [-0.2, -0.15) is 0 Å². The van der Waals surface area contributed by atoms with Crippen molar-refractivity contribution in [3.63, 3.8) is 0 Å². The van der Waals surface area contributed by atoms with Crippen molar-refractivity contribution in [2.75, 3.05) is 0 Å². The first kappa shape index (κ1) is 10.0. The molecule has 0 aromatic carbocycles. The molecule has 2 nitrogen and oxygen atoms in total. The van der Waals surface area contributed by atoms with Crippen molar-refractivity contribution in [2.45, 2.75) is 46.5 Å². The summed E-state index contributed by atoms with van der Waals surface area (Å²) in [5, 5.41) is 8.86. The second-order valence-electron chi connectivity index (χ2n) is 5.99. The molecule has 0 unspecified atom stereocenters. The van der Waals surface area contributed by atoms with Crippen LogP contribution in [0.25, 0.3) is 0 Å². The number of carboxylic acids is 1. The van der Waals surface area contributed by atoms with Crippen molar-refractivity contribution in [3.05, 3.63) is 0 Å². The molecule has 2 saturated carbocycles. The first-order valence-corrected chi connectivity index (χ1v) is 5.59. The summed E-state index contributed by atoms with van der Waals surface area (Å²) < 4.78 is 0. The molecule has 0 saturated heterocycles. The topological polar surface area (TPSA) is 37.3 Å². The number of carboxylic acid groups (broad SMARTS) is 1. The maximum atomic E-state index is 10.7. The lowest BCUT2D eigenvalue weighted by molar-refractivity contribution is -0.138. The van der Waals surface area contributed by atoms with Crippen LogP contribution >= 0.6 is 0 Å². The summed E-state index contributed by atoms with van der Waals surface area (Å²) in [6.45, 7) is 6.99. The fraction of sp³-hybridized carbons (Fsp3) is 0.917. The van der Waals surface area contributed by atoms with Gasteiger partial charge in [-0.1, -0.05) is 20.8 Å². The number of carbonyl (C=O) groups is 1. The van der Waals surface area contributed by atoms with Crippen molar-refractivity contribution in [3.8, 4) is 0 Å². The second kappa shape index (κ2) is 2.74. The van der Waals surface area contributed by atoms with E-state index in [1.54, 1.807) is 0 Å². The first-order valence-electron chi connectivity index (χ1n) is 5.59. The van der Waals surface area contributed by atoms with Gasteiger partial charge in [-0.25, -0.2) is 0 Å². The molecule has 1 N–H and O–H groups in total. The van der Waals surface area contributed by atoms with Crippen LogP contribution in [0.5, 0.6) is 0 Å². The van der Waals surface area contributed by atoms with E-state index < -0.39 is 5.97 Å². The summed E-state index contributed by atoms with van der Waals surface area (Å²) >= 11 is 0. The van der Waals surface area contributed by atoms with E-state index in [1.807, 2.05) is 0 Å². The van der Waals surface area contributed by atoms with E-state index in [1.165, 1.54) is 12.8 Å². The fourth-order valence-corrected chi connectivity index (χ4v) is 3.95. The predicted molar refractivity (Wildman–Crippen MR) is 55.0 cm³/mol. The summed E-state index contributed by atoms with van der Waals surface area (Å²) in [5.74, 6) is 0.451. The van der Waals surface area contributed by atoms with Gasteiger partial charge in [-0.3, -0.25) is 4.79 Å². The van der Waals surface area contributed by atoms with Crippen LogP contribution in [0.15, 0.2) is 0 Å². The van der Waals surface area contributed by atoms with Crippen LogP contribution in [-0.4, -0.2) is 11.1 Å². The number of hydrogen-bond donors (Lipinski definition) is 1.